The Morgan fingerprint density at radius 1 is 1.05 bits per heavy atom. The van der Waals surface area contributed by atoms with Gasteiger partial charge in [0, 0.05) is 12.2 Å². The first-order valence-corrected chi connectivity index (χ1v) is 7.99. The highest BCUT2D eigenvalue weighted by Crippen LogP contribution is 2.15. The second kappa shape index (κ2) is 6.07. The maximum Gasteiger partial charge on any atom is 0.236 e. The van der Waals surface area contributed by atoms with E-state index in [0.29, 0.717) is 12.2 Å². The quantitative estimate of drug-likeness (QED) is 0.888. The fourth-order valence-electron chi connectivity index (χ4n) is 1.99. The van der Waals surface area contributed by atoms with Gasteiger partial charge >= 0.3 is 0 Å². The molecule has 0 atom stereocenters. The molecule has 0 heterocycles. The van der Waals surface area contributed by atoms with Crippen molar-refractivity contribution in [1.29, 1.82) is 0 Å². The molecule has 0 aliphatic rings. The molecule has 0 spiro atoms. The molecular formula is C15H18N2O2S. The zero-order valence-electron chi connectivity index (χ0n) is 11.3. The first kappa shape index (κ1) is 14.6. The predicted octanol–water partition coefficient (Wildman–Crippen LogP) is 2.40. The number of aryl methyl sites for hydroxylation is 1. The highest BCUT2D eigenvalue weighted by Gasteiger charge is 2.12. The summed E-state index contributed by atoms with van der Waals surface area (Å²) >= 11 is 0. The Hall–Kier alpha value is -1.85. The van der Waals surface area contributed by atoms with Crippen molar-refractivity contribution in [2.75, 3.05) is 4.72 Å². The van der Waals surface area contributed by atoms with E-state index in [9.17, 15) is 8.42 Å². The molecule has 0 fully saturated rings. The van der Waals surface area contributed by atoms with Crippen molar-refractivity contribution >= 4 is 15.7 Å². The Morgan fingerprint density at radius 3 is 2.45 bits per heavy atom. The van der Waals surface area contributed by atoms with Crippen molar-refractivity contribution in [3.8, 4) is 0 Å². The molecule has 0 unspecified atom stereocenters. The molecule has 0 saturated carbocycles. The third-order valence-electron chi connectivity index (χ3n) is 2.88. The van der Waals surface area contributed by atoms with Gasteiger partial charge in [-0.2, -0.15) is 0 Å². The molecule has 0 radical (unpaired) electrons. The van der Waals surface area contributed by atoms with Crippen LogP contribution in [0.5, 0.6) is 0 Å². The van der Waals surface area contributed by atoms with Crippen molar-refractivity contribution in [1.82, 2.24) is 0 Å². The van der Waals surface area contributed by atoms with Crippen LogP contribution in [-0.2, 0) is 22.3 Å². The van der Waals surface area contributed by atoms with Crippen molar-refractivity contribution < 1.29 is 8.42 Å². The van der Waals surface area contributed by atoms with Crippen LogP contribution in [0.3, 0.4) is 0 Å². The summed E-state index contributed by atoms with van der Waals surface area (Å²) in [7, 11) is -3.42. The minimum absolute atomic E-state index is 0.0607. The molecule has 0 saturated heterocycles. The standard InChI is InChI=1S/C15H18N2O2S/c1-12-4-2-7-15(8-12)17-20(18,19)11-14-6-3-5-13(9-14)10-16/h2-9,17H,10-11,16H2,1H3. The average Bonchev–Trinajstić information content (AvgIpc) is 2.37. The van der Waals surface area contributed by atoms with Crippen LogP contribution in [0.1, 0.15) is 16.7 Å². The maximum absolute atomic E-state index is 12.1. The number of hydrogen-bond acceptors (Lipinski definition) is 3. The zero-order chi connectivity index (χ0) is 14.6. The lowest BCUT2D eigenvalue weighted by molar-refractivity contribution is 0.600. The molecule has 2 aromatic carbocycles. The zero-order valence-corrected chi connectivity index (χ0v) is 12.2. The molecule has 20 heavy (non-hydrogen) atoms. The van der Waals surface area contributed by atoms with Gasteiger partial charge in [-0.3, -0.25) is 4.72 Å². The molecule has 2 aromatic rings. The van der Waals surface area contributed by atoms with Gasteiger partial charge in [0.1, 0.15) is 0 Å². The van der Waals surface area contributed by atoms with Crippen LogP contribution in [0.4, 0.5) is 5.69 Å². The largest absolute Gasteiger partial charge is 0.326 e. The van der Waals surface area contributed by atoms with Crippen LogP contribution in [0.15, 0.2) is 48.5 Å². The second-order valence-corrected chi connectivity index (χ2v) is 6.48. The van der Waals surface area contributed by atoms with E-state index in [0.717, 1.165) is 16.7 Å². The first-order chi connectivity index (χ1) is 9.48. The third kappa shape index (κ3) is 4.08. The molecular weight excluding hydrogens is 272 g/mol. The highest BCUT2D eigenvalue weighted by molar-refractivity contribution is 7.91. The first-order valence-electron chi connectivity index (χ1n) is 6.33. The lowest BCUT2D eigenvalue weighted by atomic mass is 10.1. The Bertz CT molecular complexity index is 697. The lowest BCUT2D eigenvalue weighted by Crippen LogP contribution is -2.15. The smallest absolute Gasteiger partial charge is 0.236 e. The van der Waals surface area contributed by atoms with Gasteiger partial charge in [0.2, 0.25) is 10.0 Å². The third-order valence-corrected chi connectivity index (χ3v) is 4.14. The Balaban J connectivity index is 2.14. The van der Waals surface area contributed by atoms with Gasteiger partial charge in [-0.1, -0.05) is 36.4 Å². The van der Waals surface area contributed by atoms with Crippen LogP contribution >= 0.6 is 0 Å². The average molecular weight is 290 g/mol. The normalized spacial score (nSPS) is 11.3. The monoisotopic (exact) mass is 290 g/mol. The van der Waals surface area contributed by atoms with E-state index in [1.807, 2.05) is 37.3 Å². The van der Waals surface area contributed by atoms with Crippen LogP contribution in [0, 0.1) is 6.92 Å². The van der Waals surface area contributed by atoms with Gasteiger partial charge in [0.25, 0.3) is 0 Å². The molecule has 0 aliphatic heterocycles. The van der Waals surface area contributed by atoms with Gasteiger partial charge in [-0.15, -0.1) is 0 Å². The number of nitrogens with two attached hydrogens (primary N) is 1. The second-order valence-electron chi connectivity index (χ2n) is 4.75. The summed E-state index contributed by atoms with van der Waals surface area (Å²) in [6, 6.07) is 14.6. The van der Waals surface area contributed by atoms with Crippen LogP contribution < -0.4 is 10.5 Å². The molecule has 0 aliphatic carbocycles. The van der Waals surface area contributed by atoms with Crippen molar-refractivity contribution in [3.63, 3.8) is 0 Å². The molecule has 106 valence electrons. The molecule has 3 N–H and O–H groups in total. The summed E-state index contributed by atoms with van der Waals surface area (Å²) in [5.41, 5.74) is 8.80. The van der Waals surface area contributed by atoms with Crippen LogP contribution in [-0.4, -0.2) is 8.42 Å². The van der Waals surface area contributed by atoms with Gasteiger partial charge in [0.05, 0.1) is 5.75 Å². The maximum atomic E-state index is 12.1. The predicted molar refractivity (Wildman–Crippen MR) is 81.8 cm³/mol. The van der Waals surface area contributed by atoms with E-state index < -0.39 is 10.0 Å². The van der Waals surface area contributed by atoms with E-state index in [-0.39, 0.29) is 5.75 Å². The van der Waals surface area contributed by atoms with E-state index in [2.05, 4.69) is 4.72 Å². The molecule has 4 nitrogen and oxygen atoms in total. The number of anilines is 1. The summed E-state index contributed by atoms with van der Waals surface area (Å²) < 4.78 is 26.9. The van der Waals surface area contributed by atoms with E-state index in [4.69, 9.17) is 5.73 Å². The lowest BCUT2D eigenvalue weighted by Gasteiger charge is -2.09. The van der Waals surface area contributed by atoms with Crippen molar-refractivity contribution in [3.05, 3.63) is 65.2 Å². The topological polar surface area (TPSA) is 72.2 Å². The molecule has 0 bridgehead atoms. The van der Waals surface area contributed by atoms with E-state index in [1.54, 1.807) is 18.2 Å². The van der Waals surface area contributed by atoms with Gasteiger partial charge < -0.3 is 5.73 Å². The fourth-order valence-corrected chi connectivity index (χ4v) is 3.17. The Morgan fingerprint density at radius 2 is 1.75 bits per heavy atom. The number of hydrogen-bond donors (Lipinski definition) is 2. The summed E-state index contributed by atoms with van der Waals surface area (Å²) in [6.07, 6.45) is 0. The molecule has 2 rings (SSSR count). The Labute approximate surface area is 119 Å². The van der Waals surface area contributed by atoms with Crippen LogP contribution in [0.25, 0.3) is 0 Å². The number of rotatable bonds is 5. The number of nitrogens with one attached hydrogen (secondary N) is 1. The summed E-state index contributed by atoms with van der Waals surface area (Å²) in [4.78, 5) is 0. The van der Waals surface area contributed by atoms with Gasteiger partial charge in [-0.25, -0.2) is 8.42 Å². The minimum Gasteiger partial charge on any atom is -0.326 e. The van der Waals surface area contributed by atoms with E-state index in [1.165, 1.54) is 0 Å². The summed E-state index contributed by atoms with van der Waals surface area (Å²) in [5, 5.41) is 0. The SMILES string of the molecule is Cc1cccc(NS(=O)(=O)Cc2cccc(CN)c2)c1. The van der Waals surface area contributed by atoms with Crippen LogP contribution in [0.2, 0.25) is 0 Å². The van der Waals surface area contributed by atoms with Gasteiger partial charge in [0.15, 0.2) is 0 Å². The number of benzene rings is 2. The highest BCUT2D eigenvalue weighted by atomic mass is 32.2. The molecule has 5 heteroatoms. The summed E-state index contributed by atoms with van der Waals surface area (Å²) in [6.45, 7) is 2.32. The van der Waals surface area contributed by atoms with Gasteiger partial charge in [-0.05, 0) is 35.7 Å². The fraction of sp³-hybridized carbons (Fsp3) is 0.200. The van der Waals surface area contributed by atoms with Crippen molar-refractivity contribution in [2.45, 2.75) is 19.2 Å². The van der Waals surface area contributed by atoms with Crippen molar-refractivity contribution in [2.24, 2.45) is 5.73 Å². The summed E-state index contributed by atoms with van der Waals surface area (Å²) in [5.74, 6) is -0.0607. The number of sulfonamides is 1. The molecule has 0 aromatic heterocycles. The Kier molecular flexibility index (Phi) is 4.42. The minimum atomic E-state index is -3.42. The molecule has 0 amide bonds. The van der Waals surface area contributed by atoms with E-state index >= 15 is 0 Å².